The number of halogens is 1. The number of imide groups is 1. The van der Waals surface area contributed by atoms with Crippen LogP contribution in [-0.4, -0.2) is 40.1 Å². The maximum absolute atomic E-state index is 12.4. The van der Waals surface area contributed by atoms with Crippen molar-refractivity contribution in [2.75, 3.05) is 11.4 Å². The number of ether oxygens (including phenoxy) is 1. The van der Waals surface area contributed by atoms with Gasteiger partial charge in [-0.1, -0.05) is 29.8 Å². The molecule has 0 saturated carbocycles. The Morgan fingerprint density at radius 1 is 1.09 bits per heavy atom. The van der Waals surface area contributed by atoms with Gasteiger partial charge in [-0.3, -0.25) is 29.0 Å². The summed E-state index contributed by atoms with van der Waals surface area (Å²) in [6.07, 6.45) is -0.134. The van der Waals surface area contributed by atoms with Crippen LogP contribution in [0.15, 0.2) is 53.9 Å². The minimum atomic E-state index is -0.570. The van der Waals surface area contributed by atoms with E-state index >= 15 is 0 Å². The molecule has 2 heterocycles. The van der Waals surface area contributed by atoms with Gasteiger partial charge in [0.25, 0.3) is 11.8 Å². The highest BCUT2D eigenvalue weighted by Crippen LogP contribution is 2.30. The summed E-state index contributed by atoms with van der Waals surface area (Å²) in [6, 6.07) is 13.4. The molecule has 33 heavy (non-hydrogen) atoms. The monoisotopic (exact) mass is 483 g/mol. The third-order valence-corrected chi connectivity index (χ3v) is 6.02. The molecule has 3 amide bonds. The SMILES string of the molecule is CC(=O)N(c1cccc(Cl)c1)c1nc(COC(=O)CCN2C(=O)c3ccccc3C2=O)cs1. The van der Waals surface area contributed by atoms with E-state index in [1.165, 1.54) is 23.2 Å². The number of carbonyl (C=O) groups excluding carboxylic acids is 4. The van der Waals surface area contributed by atoms with E-state index in [-0.39, 0.29) is 25.5 Å². The fraction of sp³-hybridized carbons (Fsp3) is 0.174. The van der Waals surface area contributed by atoms with Crippen molar-refractivity contribution in [2.45, 2.75) is 20.0 Å². The van der Waals surface area contributed by atoms with Gasteiger partial charge in [0, 0.05) is 23.9 Å². The molecular formula is C23H18ClN3O5S. The van der Waals surface area contributed by atoms with Crippen molar-refractivity contribution in [1.82, 2.24) is 9.88 Å². The fourth-order valence-electron chi connectivity index (χ4n) is 3.38. The highest BCUT2D eigenvalue weighted by molar-refractivity contribution is 7.14. The van der Waals surface area contributed by atoms with Gasteiger partial charge >= 0.3 is 5.97 Å². The molecular weight excluding hydrogens is 466 g/mol. The van der Waals surface area contributed by atoms with E-state index in [9.17, 15) is 19.2 Å². The molecule has 1 aliphatic rings. The van der Waals surface area contributed by atoms with Gasteiger partial charge in [0.2, 0.25) is 5.91 Å². The predicted octanol–water partition coefficient (Wildman–Crippen LogP) is 4.21. The number of carbonyl (C=O) groups is 4. The first-order valence-corrected chi connectivity index (χ1v) is 11.2. The second kappa shape index (κ2) is 9.51. The summed E-state index contributed by atoms with van der Waals surface area (Å²) >= 11 is 7.26. The lowest BCUT2D eigenvalue weighted by molar-refractivity contribution is -0.145. The average molecular weight is 484 g/mol. The van der Waals surface area contributed by atoms with Crippen LogP contribution >= 0.6 is 22.9 Å². The fourth-order valence-corrected chi connectivity index (χ4v) is 4.44. The highest BCUT2D eigenvalue weighted by atomic mass is 35.5. The molecule has 0 radical (unpaired) electrons. The lowest BCUT2D eigenvalue weighted by atomic mass is 10.1. The molecule has 1 aliphatic heterocycles. The molecule has 0 atom stereocenters. The molecule has 0 aliphatic carbocycles. The Balaban J connectivity index is 1.34. The van der Waals surface area contributed by atoms with Crippen molar-refractivity contribution >= 4 is 57.4 Å². The van der Waals surface area contributed by atoms with E-state index in [0.29, 0.717) is 32.7 Å². The van der Waals surface area contributed by atoms with Gasteiger partial charge in [-0.15, -0.1) is 11.3 Å². The van der Waals surface area contributed by atoms with Gasteiger partial charge in [0.1, 0.15) is 6.61 Å². The number of anilines is 2. The molecule has 1 aromatic heterocycles. The third kappa shape index (κ3) is 4.79. The van der Waals surface area contributed by atoms with Crippen LogP contribution in [-0.2, 0) is 20.9 Å². The minimum Gasteiger partial charge on any atom is -0.459 e. The first kappa shape index (κ1) is 22.6. The molecule has 0 N–H and O–H groups in total. The zero-order valence-electron chi connectivity index (χ0n) is 17.5. The van der Waals surface area contributed by atoms with Gasteiger partial charge in [0.15, 0.2) is 5.13 Å². The molecule has 0 unspecified atom stereocenters. The summed E-state index contributed by atoms with van der Waals surface area (Å²) in [6.45, 7) is 1.25. The maximum Gasteiger partial charge on any atom is 0.307 e. The van der Waals surface area contributed by atoms with E-state index in [1.54, 1.807) is 53.9 Å². The van der Waals surface area contributed by atoms with Crippen molar-refractivity contribution in [3.05, 3.63) is 75.8 Å². The predicted molar refractivity (Wildman–Crippen MR) is 123 cm³/mol. The number of hydrogen-bond donors (Lipinski definition) is 0. The number of esters is 1. The van der Waals surface area contributed by atoms with Gasteiger partial charge in [-0.2, -0.15) is 0 Å². The van der Waals surface area contributed by atoms with E-state index < -0.39 is 17.8 Å². The van der Waals surface area contributed by atoms with Crippen LogP contribution < -0.4 is 4.90 Å². The average Bonchev–Trinajstić information content (AvgIpc) is 3.34. The van der Waals surface area contributed by atoms with Crippen LogP contribution in [0.25, 0.3) is 0 Å². The maximum atomic E-state index is 12.4. The Morgan fingerprint density at radius 3 is 2.42 bits per heavy atom. The van der Waals surface area contributed by atoms with Crippen LogP contribution in [0.3, 0.4) is 0 Å². The normalized spacial score (nSPS) is 12.6. The Bertz CT molecular complexity index is 1220. The second-order valence-electron chi connectivity index (χ2n) is 7.17. The number of nitrogens with zero attached hydrogens (tertiary/aromatic N) is 3. The van der Waals surface area contributed by atoms with Crippen LogP contribution in [0.4, 0.5) is 10.8 Å². The van der Waals surface area contributed by atoms with E-state index in [1.807, 2.05) is 0 Å². The van der Waals surface area contributed by atoms with E-state index in [0.717, 1.165) is 4.90 Å². The third-order valence-electron chi connectivity index (χ3n) is 4.91. The topological polar surface area (TPSA) is 96.9 Å². The molecule has 3 aromatic rings. The molecule has 10 heteroatoms. The molecule has 4 rings (SSSR count). The quantitative estimate of drug-likeness (QED) is 0.369. The summed E-state index contributed by atoms with van der Waals surface area (Å²) in [4.78, 5) is 55.9. The van der Waals surface area contributed by atoms with Crippen molar-refractivity contribution in [3.63, 3.8) is 0 Å². The Labute approximate surface area is 198 Å². The first-order valence-electron chi connectivity index (χ1n) is 9.96. The molecule has 0 bridgehead atoms. The Kier molecular flexibility index (Phi) is 6.52. The minimum absolute atomic E-state index is 0.0691. The number of amides is 3. The molecule has 8 nitrogen and oxygen atoms in total. The number of thiazole rings is 1. The number of benzene rings is 2. The van der Waals surface area contributed by atoms with Crippen LogP contribution in [0, 0.1) is 0 Å². The second-order valence-corrected chi connectivity index (χ2v) is 8.45. The van der Waals surface area contributed by atoms with Gasteiger partial charge < -0.3 is 4.74 Å². The largest absolute Gasteiger partial charge is 0.459 e. The Morgan fingerprint density at radius 2 is 1.79 bits per heavy atom. The van der Waals surface area contributed by atoms with Crippen molar-refractivity contribution in [1.29, 1.82) is 0 Å². The van der Waals surface area contributed by atoms with Gasteiger partial charge in [0.05, 0.1) is 28.9 Å². The summed E-state index contributed by atoms with van der Waals surface area (Å²) in [5, 5.41) is 2.59. The van der Waals surface area contributed by atoms with Gasteiger partial charge in [-0.25, -0.2) is 4.98 Å². The van der Waals surface area contributed by atoms with Crippen LogP contribution in [0.5, 0.6) is 0 Å². The lowest BCUT2D eigenvalue weighted by Crippen LogP contribution is -2.32. The van der Waals surface area contributed by atoms with E-state index in [4.69, 9.17) is 16.3 Å². The zero-order valence-corrected chi connectivity index (χ0v) is 19.1. The summed E-state index contributed by atoms with van der Waals surface area (Å²) in [7, 11) is 0. The molecule has 2 aromatic carbocycles. The molecule has 0 spiro atoms. The number of fused-ring (bicyclic) bond motifs is 1. The molecule has 168 valence electrons. The first-order chi connectivity index (χ1) is 15.8. The lowest BCUT2D eigenvalue weighted by Gasteiger charge is -2.18. The standard InChI is InChI=1S/C23H18ClN3O5S/c1-14(28)27(17-6-4-5-15(24)11-17)23-25-16(13-33-23)12-32-20(29)9-10-26-21(30)18-7-2-3-8-19(18)22(26)31/h2-8,11,13H,9-10,12H2,1H3. The van der Waals surface area contributed by atoms with Gasteiger partial charge in [-0.05, 0) is 30.3 Å². The van der Waals surface area contributed by atoms with Crippen molar-refractivity contribution in [3.8, 4) is 0 Å². The van der Waals surface area contributed by atoms with Crippen molar-refractivity contribution in [2.24, 2.45) is 0 Å². The zero-order chi connectivity index (χ0) is 23.5. The number of rotatable bonds is 7. The number of hydrogen-bond acceptors (Lipinski definition) is 7. The van der Waals surface area contributed by atoms with Crippen molar-refractivity contribution < 1.29 is 23.9 Å². The number of aromatic nitrogens is 1. The van der Waals surface area contributed by atoms with Crippen LogP contribution in [0.2, 0.25) is 5.02 Å². The molecule has 0 saturated heterocycles. The highest BCUT2D eigenvalue weighted by Gasteiger charge is 2.35. The van der Waals surface area contributed by atoms with E-state index in [2.05, 4.69) is 4.98 Å². The summed E-state index contributed by atoms with van der Waals surface area (Å²) in [5.74, 6) is -1.65. The molecule has 0 fully saturated rings. The Hall–Kier alpha value is -3.56. The smallest absolute Gasteiger partial charge is 0.307 e. The summed E-state index contributed by atoms with van der Waals surface area (Å²) in [5.41, 5.74) is 1.72. The van der Waals surface area contributed by atoms with Crippen LogP contribution in [0.1, 0.15) is 39.8 Å². The summed E-state index contributed by atoms with van der Waals surface area (Å²) < 4.78 is 5.25.